The van der Waals surface area contributed by atoms with Crippen molar-refractivity contribution in [3.05, 3.63) is 35.9 Å². The summed E-state index contributed by atoms with van der Waals surface area (Å²) < 4.78 is 0. The molecule has 1 heterocycles. The van der Waals surface area contributed by atoms with Crippen LogP contribution in [0.4, 0.5) is 0 Å². The summed E-state index contributed by atoms with van der Waals surface area (Å²) in [6, 6.07) is 9.89. The third-order valence-corrected chi connectivity index (χ3v) is 3.34. The van der Waals surface area contributed by atoms with Crippen molar-refractivity contribution in [2.24, 2.45) is 11.1 Å². The zero-order chi connectivity index (χ0) is 12.1. The van der Waals surface area contributed by atoms with Crippen molar-refractivity contribution in [2.45, 2.75) is 19.8 Å². The van der Waals surface area contributed by atoms with Gasteiger partial charge in [0.25, 0.3) is 0 Å². The summed E-state index contributed by atoms with van der Waals surface area (Å²) in [5.74, 6) is 0.750. The summed E-state index contributed by atoms with van der Waals surface area (Å²) >= 11 is 0. The van der Waals surface area contributed by atoms with Crippen molar-refractivity contribution < 1.29 is 5.21 Å². The van der Waals surface area contributed by atoms with E-state index in [0.717, 1.165) is 36.8 Å². The first-order valence-corrected chi connectivity index (χ1v) is 6.28. The lowest BCUT2D eigenvalue weighted by Gasteiger charge is -2.30. The minimum absolute atomic E-state index is 0.741. The van der Waals surface area contributed by atoms with Crippen LogP contribution in [0.15, 0.2) is 35.5 Å². The van der Waals surface area contributed by atoms with Crippen LogP contribution in [0.3, 0.4) is 0 Å². The normalized spacial score (nSPS) is 22.6. The van der Waals surface area contributed by atoms with Gasteiger partial charge in [0.1, 0.15) is 5.71 Å². The minimum atomic E-state index is 0.741. The molecular weight excluding hydrogens is 212 g/mol. The van der Waals surface area contributed by atoms with E-state index in [9.17, 15) is 0 Å². The van der Waals surface area contributed by atoms with Crippen LogP contribution in [-0.4, -0.2) is 35.5 Å². The third-order valence-electron chi connectivity index (χ3n) is 3.34. The van der Waals surface area contributed by atoms with Crippen LogP contribution in [0, 0.1) is 5.92 Å². The second-order valence-electron chi connectivity index (χ2n) is 4.90. The molecule has 1 saturated heterocycles. The van der Waals surface area contributed by atoms with Gasteiger partial charge < -0.3 is 5.21 Å². The molecule has 1 atom stereocenters. The molecule has 17 heavy (non-hydrogen) atoms. The van der Waals surface area contributed by atoms with Crippen LogP contribution in [0.5, 0.6) is 0 Å². The molecule has 0 radical (unpaired) electrons. The molecule has 1 aliphatic rings. The number of hydrogen-bond acceptors (Lipinski definition) is 3. The van der Waals surface area contributed by atoms with Gasteiger partial charge in [0.15, 0.2) is 0 Å². The Morgan fingerprint density at radius 3 is 2.82 bits per heavy atom. The summed E-state index contributed by atoms with van der Waals surface area (Å²) in [6.07, 6.45) is 2.56. The third kappa shape index (κ3) is 3.30. The van der Waals surface area contributed by atoms with Gasteiger partial charge in [-0.25, -0.2) is 0 Å². The van der Waals surface area contributed by atoms with Gasteiger partial charge in [-0.05, 0) is 25.3 Å². The van der Waals surface area contributed by atoms with Crippen molar-refractivity contribution in [1.82, 2.24) is 4.90 Å². The van der Waals surface area contributed by atoms with Crippen molar-refractivity contribution in [3.8, 4) is 0 Å². The average molecular weight is 232 g/mol. The largest absolute Gasteiger partial charge is 0.411 e. The SMILES string of the molecule is CC1CCCN(C/C(=N/O)c2ccccc2)C1. The van der Waals surface area contributed by atoms with Crippen LogP contribution >= 0.6 is 0 Å². The maximum Gasteiger partial charge on any atom is 0.101 e. The molecule has 0 aliphatic carbocycles. The Bertz CT molecular complexity index is 375. The highest BCUT2D eigenvalue weighted by Gasteiger charge is 2.18. The van der Waals surface area contributed by atoms with Gasteiger partial charge in [-0.15, -0.1) is 0 Å². The van der Waals surface area contributed by atoms with Crippen molar-refractivity contribution in [1.29, 1.82) is 0 Å². The first kappa shape index (κ1) is 12.1. The lowest BCUT2D eigenvalue weighted by atomic mass is 9.99. The molecule has 0 saturated carbocycles. The van der Waals surface area contributed by atoms with Crippen LogP contribution in [0.2, 0.25) is 0 Å². The van der Waals surface area contributed by atoms with Crippen molar-refractivity contribution in [2.75, 3.05) is 19.6 Å². The Balaban J connectivity index is 2.01. The summed E-state index contributed by atoms with van der Waals surface area (Å²) in [5, 5.41) is 12.6. The smallest absolute Gasteiger partial charge is 0.101 e. The van der Waals surface area contributed by atoms with Gasteiger partial charge in [-0.3, -0.25) is 4.90 Å². The molecule has 92 valence electrons. The fraction of sp³-hybridized carbons (Fsp3) is 0.500. The first-order valence-electron chi connectivity index (χ1n) is 6.28. The number of nitrogens with zero attached hydrogens (tertiary/aromatic N) is 2. The molecule has 0 amide bonds. The molecule has 1 N–H and O–H groups in total. The van der Waals surface area contributed by atoms with Crippen LogP contribution in [-0.2, 0) is 0 Å². The highest BCUT2D eigenvalue weighted by atomic mass is 16.4. The molecule has 0 spiro atoms. The molecule has 3 heteroatoms. The van der Waals surface area contributed by atoms with Crippen molar-refractivity contribution in [3.63, 3.8) is 0 Å². The molecular formula is C14H20N2O. The van der Waals surface area contributed by atoms with E-state index in [1.165, 1.54) is 12.8 Å². The molecule has 1 aliphatic heterocycles. The predicted octanol–water partition coefficient (Wildman–Crippen LogP) is 2.60. The standard InChI is InChI=1S/C14H20N2O/c1-12-6-5-9-16(10-12)11-14(15-17)13-7-3-2-4-8-13/h2-4,7-8,12,17H,5-6,9-11H2,1H3/b15-14-. The number of piperidine rings is 1. The molecule has 1 aromatic carbocycles. The van der Waals surface area contributed by atoms with Gasteiger partial charge in [0.05, 0.1) is 0 Å². The number of benzene rings is 1. The monoisotopic (exact) mass is 232 g/mol. The highest BCUT2D eigenvalue weighted by Crippen LogP contribution is 2.16. The van der Waals surface area contributed by atoms with Gasteiger partial charge in [0.2, 0.25) is 0 Å². The molecule has 0 bridgehead atoms. The second kappa shape index (κ2) is 5.82. The van der Waals surface area contributed by atoms with E-state index < -0.39 is 0 Å². The molecule has 0 aromatic heterocycles. The fourth-order valence-electron chi connectivity index (χ4n) is 2.45. The molecule has 1 fully saturated rings. The Kier molecular flexibility index (Phi) is 4.15. The highest BCUT2D eigenvalue weighted by molar-refractivity contribution is 6.01. The number of likely N-dealkylation sites (tertiary alicyclic amines) is 1. The van der Waals surface area contributed by atoms with Crippen LogP contribution in [0.25, 0.3) is 0 Å². The Morgan fingerprint density at radius 1 is 1.41 bits per heavy atom. The summed E-state index contributed by atoms with van der Waals surface area (Å²) in [4.78, 5) is 2.37. The quantitative estimate of drug-likeness (QED) is 0.494. The second-order valence-corrected chi connectivity index (χ2v) is 4.90. The van der Waals surface area contributed by atoms with Crippen molar-refractivity contribution >= 4 is 5.71 Å². The zero-order valence-corrected chi connectivity index (χ0v) is 10.3. The van der Waals surface area contributed by atoms with Gasteiger partial charge in [0, 0.05) is 18.7 Å². The number of hydrogen-bond donors (Lipinski definition) is 1. The zero-order valence-electron chi connectivity index (χ0n) is 10.3. The van der Waals surface area contributed by atoms with E-state index in [1.54, 1.807) is 0 Å². The molecule has 3 nitrogen and oxygen atoms in total. The van der Waals surface area contributed by atoms with E-state index in [4.69, 9.17) is 5.21 Å². The topological polar surface area (TPSA) is 35.8 Å². The summed E-state index contributed by atoms with van der Waals surface area (Å²) in [5.41, 5.74) is 1.77. The summed E-state index contributed by atoms with van der Waals surface area (Å²) in [6.45, 7) is 5.23. The lowest BCUT2D eigenvalue weighted by molar-refractivity contribution is 0.204. The van der Waals surface area contributed by atoms with E-state index in [2.05, 4.69) is 17.0 Å². The number of oxime groups is 1. The maximum absolute atomic E-state index is 9.14. The van der Waals surface area contributed by atoms with Crippen LogP contribution in [0.1, 0.15) is 25.3 Å². The lowest BCUT2D eigenvalue weighted by Crippen LogP contribution is -2.38. The van der Waals surface area contributed by atoms with Gasteiger partial charge in [-0.2, -0.15) is 0 Å². The van der Waals surface area contributed by atoms with Crippen LogP contribution < -0.4 is 0 Å². The Labute approximate surface area is 103 Å². The predicted molar refractivity (Wildman–Crippen MR) is 69.6 cm³/mol. The molecule has 1 unspecified atom stereocenters. The molecule has 1 aromatic rings. The van der Waals surface area contributed by atoms with E-state index in [1.807, 2.05) is 30.3 Å². The summed E-state index contributed by atoms with van der Waals surface area (Å²) in [7, 11) is 0. The maximum atomic E-state index is 9.14. The van der Waals surface area contributed by atoms with Gasteiger partial charge >= 0.3 is 0 Å². The van der Waals surface area contributed by atoms with Gasteiger partial charge in [-0.1, -0.05) is 42.4 Å². The Hall–Kier alpha value is -1.35. The Morgan fingerprint density at radius 2 is 2.18 bits per heavy atom. The molecule has 2 rings (SSSR count). The van der Waals surface area contributed by atoms with E-state index in [-0.39, 0.29) is 0 Å². The minimum Gasteiger partial charge on any atom is -0.411 e. The fourth-order valence-corrected chi connectivity index (χ4v) is 2.45. The van der Waals surface area contributed by atoms with E-state index in [0.29, 0.717) is 0 Å². The number of rotatable bonds is 3. The van der Waals surface area contributed by atoms with E-state index >= 15 is 0 Å². The average Bonchev–Trinajstić information content (AvgIpc) is 2.37. The first-order chi connectivity index (χ1) is 8.29.